The molecule has 2 rings (SSSR count). The Morgan fingerprint density at radius 1 is 1.14 bits per heavy atom. The molecule has 7 heteroatoms. The van der Waals surface area contributed by atoms with Crippen molar-refractivity contribution < 1.29 is 13.9 Å². The van der Waals surface area contributed by atoms with E-state index < -0.39 is 0 Å². The Balaban J connectivity index is 2.04. The first-order valence-electron chi connectivity index (χ1n) is 6.67. The summed E-state index contributed by atoms with van der Waals surface area (Å²) in [5, 5.41) is 14.2. The standard InChI is InChI=1S/C14H20N4O3/c1-9(2)15-8-13-17-18-14(21-13)16-10-5-6-11(19-3)12(7-10)20-4/h5-7,9,15H,8H2,1-4H3,(H,16,18). The van der Waals surface area contributed by atoms with Crippen LogP contribution in [0.2, 0.25) is 0 Å². The van der Waals surface area contributed by atoms with Gasteiger partial charge in [-0.3, -0.25) is 0 Å². The minimum Gasteiger partial charge on any atom is -0.493 e. The van der Waals surface area contributed by atoms with Crippen LogP contribution in [0.25, 0.3) is 0 Å². The largest absolute Gasteiger partial charge is 0.493 e. The third kappa shape index (κ3) is 4.09. The predicted molar refractivity (Wildman–Crippen MR) is 79.1 cm³/mol. The smallest absolute Gasteiger partial charge is 0.320 e. The Morgan fingerprint density at radius 3 is 2.57 bits per heavy atom. The van der Waals surface area contributed by atoms with E-state index in [9.17, 15) is 0 Å². The molecule has 0 amide bonds. The number of anilines is 2. The molecule has 0 aliphatic heterocycles. The van der Waals surface area contributed by atoms with Gasteiger partial charge in [-0.05, 0) is 12.1 Å². The van der Waals surface area contributed by atoms with Crippen molar-refractivity contribution in [3.63, 3.8) is 0 Å². The fourth-order valence-corrected chi connectivity index (χ4v) is 1.70. The Morgan fingerprint density at radius 2 is 1.90 bits per heavy atom. The maximum atomic E-state index is 5.50. The van der Waals surface area contributed by atoms with Gasteiger partial charge in [0.1, 0.15) is 0 Å². The number of methoxy groups -OCH3 is 2. The third-order valence-corrected chi connectivity index (χ3v) is 2.76. The molecule has 114 valence electrons. The number of aromatic nitrogens is 2. The van der Waals surface area contributed by atoms with Gasteiger partial charge in [0.2, 0.25) is 5.89 Å². The molecule has 0 spiro atoms. The van der Waals surface area contributed by atoms with Crippen molar-refractivity contribution in [2.45, 2.75) is 26.4 Å². The first-order valence-corrected chi connectivity index (χ1v) is 6.67. The van der Waals surface area contributed by atoms with E-state index in [0.29, 0.717) is 36.0 Å². The molecular weight excluding hydrogens is 272 g/mol. The van der Waals surface area contributed by atoms with Gasteiger partial charge in [-0.2, -0.15) is 0 Å². The molecule has 0 bridgehead atoms. The molecule has 21 heavy (non-hydrogen) atoms. The van der Waals surface area contributed by atoms with E-state index in [1.165, 1.54) is 0 Å². The van der Waals surface area contributed by atoms with Crippen LogP contribution in [-0.2, 0) is 6.54 Å². The molecule has 2 N–H and O–H groups in total. The van der Waals surface area contributed by atoms with Gasteiger partial charge in [0.05, 0.1) is 20.8 Å². The van der Waals surface area contributed by atoms with E-state index in [1.807, 2.05) is 6.07 Å². The van der Waals surface area contributed by atoms with Gasteiger partial charge in [-0.25, -0.2) is 0 Å². The summed E-state index contributed by atoms with van der Waals surface area (Å²) in [6, 6.07) is 6.15. The zero-order valence-electron chi connectivity index (χ0n) is 12.6. The van der Waals surface area contributed by atoms with Gasteiger partial charge in [0.25, 0.3) is 0 Å². The van der Waals surface area contributed by atoms with Crippen molar-refractivity contribution in [3.8, 4) is 11.5 Å². The van der Waals surface area contributed by atoms with Crippen LogP contribution in [0, 0.1) is 0 Å². The number of nitrogens with zero attached hydrogens (tertiary/aromatic N) is 2. The van der Waals surface area contributed by atoms with Crippen LogP contribution < -0.4 is 20.1 Å². The normalized spacial score (nSPS) is 10.7. The lowest BCUT2D eigenvalue weighted by atomic mass is 10.3. The highest BCUT2D eigenvalue weighted by molar-refractivity contribution is 5.58. The number of benzene rings is 1. The maximum Gasteiger partial charge on any atom is 0.320 e. The molecule has 0 atom stereocenters. The van der Waals surface area contributed by atoms with Crippen LogP contribution in [0.5, 0.6) is 11.5 Å². The Kier molecular flexibility index (Phi) is 4.99. The lowest BCUT2D eigenvalue weighted by molar-refractivity contribution is 0.355. The van der Waals surface area contributed by atoms with Crippen LogP contribution in [0.3, 0.4) is 0 Å². The number of nitrogens with one attached hydrogen (secondary N) is 2. The topological polar surface area (TPSA) is 81.4 Å². The van der Waals surface area contributed by atoms with Crippen LogP contribution in [-0.4, -0.2) is 30.5 Å². The van der Waals surface area contributed by atoms with Gasteiger partial charge in [0.15, 0.2) is 11.5 Å². The Bertz CT molecular complexity index is 583. The van der Waals surface area contributed by atoms with Crippen molar-refractivity contribution >= 4 is 11.7 Å². The number of hydrogen-bond acceptors (Lipinski definition) is 7. The van der Waals surface area contributed by atoms with Crippen LogP contribution >= 0.6 is 0 Å². The van der Waals surface area contributed by atoms with Crippen LogP contribution in [0.4, 0.5) is 11.7 Å². The number of ether oxygens (including phenoxy) is 2. The zero-order valence-corrected chi connectivity index (χ0v) is 12.6. The quantitative estimate of drug-likeness (QED) is 0.810. The molecule has 7 nitrogen and oxygen atoms in total. The molecular formula is C14H20N4O3. The minimum atomic E-state index is 0.336. The van der Waals surface area contributed by atoms with Crippen molar-refractivity contribution in [2.75, 3.05) is 19.5 Å². The highest BCUT2D eigenvalue weighted by Gasteiger charge is 2.09. The second kappa shape index (κ2) is 6.94. The lowest BCUT2D eigenvalue weighted by Gasteiger charge is -2.09. The summed E-state index contributed by atoms with van der Waals surface area (Å²) in [5.41, 5.74) is 0.777. The van der Waals surface area contributed by atoms with Crippen LogP contribution in [0.15, 0.2) is 22.6 Å². The monoisotopic (exact) mass is 292 g/mol. The summed E-state index contributed by atoms with van der Waals surface area (Å²) in [7, 11) is 3.18. The van der Waals surface area contributed by atoms with Crippen molar-refractivity contribution in [3.05, 3.63) is 24.1 Å². The number of hydrogen-bond donors (Lipinski definition) is 2. The average Bonchev–Trinajstić information content (AvgIpc) is 2.92. The van der Waals surface area contributed by atoms with Crippen LogP contribution in [0.1, 0.15) is 19.7 Å². The minimum absolute atomic E-state index is 0.336. The van der Waals surface area contributed by atoms with Gasteiger partial charge >= 0.3 is 6.01 Å². The van der Waals surface area contributed by atoms with E-state index in [0.717, 1.165) is 5.69 Å². The highest BCUT2D eigenvalue weighted by atomic mass is 16.5. The molecule has 0 aliphatic carbocycles. The lowest BCUT2D eigenvalue weighted by Crippen LogP contribution is -2.21. The molecule has 0 saturated carbocycles. The Labute approximate surface area is 123 Å². The molecule has 1 aromatic carbocycles. The van der Waals surface area contributed by atoms with E-state index in [2.05, 4.69) is 34.7 Å². The Hall–Kier alpha value is -2.28. The molecule has 0 radical (unpaired) electrons. The van der Waals surface area contributed by atoms with Gasteiger partial charge in [0, 0.05) is 17.8 Å². The maximum absolute atomic E-state index is 5.50. The summed E-state index contributed by atoms with van der Waals surface area (Å²) in [6.07, 6.45) is 0. The van der Waals surface area contributed by atoms with Gasteiger partial charge in [-0.1, -0.05) is 18.9 Å². The summed E-state index contributed by atoms with van der Waals surface area (Å²) in [5.74, 6) is 1.82. The third-order valence-electron chi connectivity index (χ3n) is 2.76. The van der Waals surface area contributed by atoms with E-state index >= 15 is 0 Å². The second-order valence-electron chi connectivity index (χ2n) is 4.73. The molecule has 0 saturated heterocycles. The van der Waals surface area contributed by atoms with Crippen molar-refractivity contribution in [1.82, 2.24) is 15.5 Å². The molecule has 2 aromatic rings. The SMILES string of the molecule is COc1ccc(Nc2nnc(CNC(C)C)o2)cc1OC. The first kappa shape index (κ1) is 15.1. The molecule has 1 aromatic heterocycles. The summed E-state index contributed by atoms with van der Waals surface area (Å²) in [4.78, 5) is 0. The van der Waals surface area contributed by atoms with E-state index in [1.54, 1.807) is 26.4 Å². The molecule has 0 unspecified atom stereocenters. The predicted octanol–water partition coefficient (Wildman–Crippen LogP) is 2.33. The van der Waals surface area contributed by atoms with Gasteiger partial charge in [-0.15, -0.1) is 5.10 Å². The average molecular weight is 292 g/mol. The van der Waals surface area contributed by atoms with Gasteiger partial charge < -0.3 is 24.5 Å². The first-order chi connectivity index (χ1) is 10.1. The van der Waals surface area contributed by atoms with Crippen molar-refractivity contribution in [1.29, 1.82) is 0 Å². The summed E-state index contributed by atoms with van der Waals surface area (Å²) < 4.78 is 15.9. The number of rotatable bonds is 7. The van der Waals surface area contributed by atoms with E-state index in [-0.39, 0.29) is 0 Å². The summed E-state index contributed by atoms with van der Waals surface area (Å²) >= 11 is 0. The highest BCUT2D eigenvalue weighted by Crippen LogP contribution is 2.30. The summed E-state index contributed by atoms with van der Waals surface area (Å²) in [6.45, 7) is 4.65. The fraction of sp³-hybridized carbons (Fsp3) is 0.429. The zero-order chi connectivity index (χ0) is 15.2. The molecule has 0 aliphatic rings. The van der Waals surface area contributed by atoms with Crippen molar-refractivity contribution in [2.24, 2.45) is 0 Å². The second-order valence-corrected chi connectivity index (χ2v) is 4.73. The molecule has 0 fully saturated rings. The van der Waals surface area contributed by atoms with E-state index in [4.69, 9.17) is 13.9 Å². The fourth-order valence-electron chi connectivity index (χ4n) is 1.70. The molecule has 1 heterocycles.